The zero-order valence-corrected chi connectivity index (χ0v) is 11.8. The molecule has 1 rings (SSSR count). The van der Waals surface area contributed by atoms with Crippen molar-refractivity contribution in [1.29, 1.82) is 0 Å². The van der Waals surface area contributed by atoms with Crippen LogP contribution in [0.15, 0.2) is 21.5 Å². The van der Waals surface area contributed by atoms with E-state index in [1.165, 1.54) is 0 Å². The molecule has 19 heavy (non-hydrogen) atoms. The number of carbonyl (C=O) groups excluding carboxylic acids is 1. The molecule has 0 fully saturated rings. The number of primary amides is 1. The molecule has 0 saturated heterocycles. The Hall–Kier alpha value is -1.48. The SMILES string of the molecule is NC(=O)CCS(=O)(=O)c1cc(Br)cc(C(=O)O)c1F. The molecule has 104 valence electrons. The number of carboxylic acids is 1. The number of hydrogen-bond donors (Lipinski definition) is 2. The van der Waals surface area contributed by atoms with Crippen LogP contribution in [0.2, 0.25) is 0 Å². The summed E-state index contributed by atoms with van der Waals surface area (Å²) in [6, 6.07) is 1.89. The minimum atomic E-state index is -4.13. The smallest absolute Gasteiger partial charge is 0.338 e. The van der Waals surface area contributed by atoms with Crippen LogP contribution in [-0.4, -0.2) is 31.2 Å². The maximum absolute atomic E-state index is 13.8. The molecule has 0 spiro atoms. The van der Waals surface area contributed by atoms with E-state index in [4.69, 9.17) is 10.8 Å². The van der Waals surface area contributed by atoms with E-state index in [9.17, 15) is 22.4 Å². The van der Waals surface area contributed by atoms with Crippen molar-refractivity contribution in [1.82, 2.24) is 0 Å². The van der Waals surface area contributed by atoms with Crippen LogP contribution in [0.25, 0.3) is 0 Å². The molecule has 0 aromatic heterocycles. The maximum atomic E-state index is 13.8. The molecule has 0 bridgehead atoms. The Bertz CT molecular complexity index is 644. The van der Waals surface area contributed by atoms with E-state index >= 15 is 0 Å². The van der Waals surface area contributed by atoms with E-state index < -0.39 is 50.2 Å². The lowest BCUT2D eigenvalue weighted by molar-refractivity contribution is -0.117. The van der Waals surface area contributed by atoms with Crippen LogP contribution in [0.3, 0.4) is 0 Å². The highest BCUT2D eigenvalue weighted by molar-refractivity contribution is 9.10. The average Bonchev–Trinajstić information content (AvgIpc) is 2.28. The Morgan fingerprint density at radius 1 is 1.37 bits per heavy atom. The second-order valence-electron chi connectivity index (χ2n) is 3.61. The van der Waals surface area contributed by atoms with Gasteiger partial charge in [-0.3, -0.25) is 4.79 Å². The minimum Gasteiger partial charge on any atom is -0.478 e. The quantitative estimate of drug-likeness (QED) is 0.817. The van der Waals surface area contributed by atoms with Gasteiger partial charge in [-0.25, -0.2) is 17.6 Å². The van der Waals surface area contributed by atoms with Gasteiger partial charge in [-0.15, -0.1) is 0 Å². The van der Waals surface area contributed by atoms with E-state index in [1.54, 1.807) is 0 Å². The third-order valence-electron chi connectivity index (χ3n) is 2.19. The Morgan fingerprint density at radius 2 is 1.95 bits per heavy atom. The molecule has 1 aromatic rings. The van der Waals surface area contributed by atoms with Gasteiger partial charge in [0.05, 0.1) is 11.3 Å². The molecule has 9 heteroatoms. The summed E-state index contributed by atoms with van der Waals surface area (Å²) < 4.78 is 37.6. The van der Waals surface area contributed by atoms with E-state index in [2.05, 4.69) is 15.9 Å². The predicted molar refractivity (Wildman–Crippen MR) is 66.9 cm³/mol. The van der Waals surface area contributed by atoms with Crippen molar-refractivity contribution in [3.8, 4) is 0 Å². The molecule has 0 unspecified atom stereocenters. The average molecular weight is 354 g/mol. The van der Waals surface area contributed by atoms with E-state index in [0.29, 0.717) is 0 Å². The summed E-state index contributed by atoms with van der Waals surface area (Å²) in [6.07, 6.45) is -0.476. The fourth-order valence-electron chi connectivity index (χ4n) is 1.29. The van der Waals surface area contributed by atoms with Crippen molar-refractivity contribution in [2.24, 2.45) is 5.73 Å². The van der Waals surface area contributed by atoms with E-state index in [1.807, 2.05) is 0 Å². The van der Waals surface area contributed by atoms with Gasteiger partial charge in [-0.2, -0.15) is 0 Å². The Labute approximate surface area is 116 Å². The largest absolute Gasteiger partial charge is 0.478 e. The van der Waals surface area contributed by atoms with Gasteiger partial charge in [0.2, 0.25) is 5.91 Å². The molecule has 6 nitrogen and oxygen atoms in total. The zero-order valence-electron chi connectivity index (χ0n) is 9.39. The lowest BCUT2D eigenvalue weighted by Crippen LogP contribution is -2.18. The highest BCUT2D eigenvalue weighted by Crippen LogP contribution is 2.25. The number of benzene rings is 1. The number of carbonyl (C=O) groups is 2. The number of rotatable bonds is 5. The lowest BCUT2D eigenvalue weighted by atomic mass is 10.2. The van der Waals surface area contributed by atoms with Gasteiger partial charge in [0.15, 0.2) is 15.7 Å². The topological polar surface area (TPSA) is 115 Å². The molecule has 0 atom stereocenters. The van der Waals surface area contributed by atoms with Crippen LogP contribution in [-0.2, 0) is 14.6 Å². The van der Waals surface area contributed by atoms with Crippen molar-refractivity contribution < 1.29 is 27.5 Å². The van der Waals surface area contributed by atoms with Gasteiger partial charge < -0.3 is 10.8 Å². The molecule has 0 aliphatic rings. The zero-order chi connectivity index (χ0) is 14.8. The summed E-state index contributed by atoms with van der Waals surface area (Å²) in [5.41, 5.74) is 4.05. The third kappa shape index (κ3) is 3.74. The van der Waals surface area contributed by atoms with Gasteiger partial charge in [-0.1, -0.05) is 15.9 Å². The number of carboxylic acid groups (broad SMARTS) is 1. The third-order valence-corrected chi connectivity index (χ3v) is 4.35. The van der Waals surface area contributed by atoms with E-state index in [0.717, 1.165) is 12.1 Å². The number of halogens is 2. The van der Waals surface area contributed by atoms with Crippen LogP contribution in [0.1, 0.15) is 16.8 Å². The van der Waals surface area contributed by atoms with Crippen molar-refractivity contribution in [2.45, 2.75) is 11.3 Å². The highest BCUT2D eigenvalue weighted by Gasteiger charge is 2.25. The summed E-state index contributed by atoms with van der Waals surface area (Å²) in [7, 11) is -4.13. The van der Waals surface area contributed by atoms with Gasteiger partial charge in [-0.05, 0) is 12.1 Å². The molecule has 0 heterocycles. The van der Waals surface area contributed by atoms with Gasteiger partial charge in [0.1, 0.15) is 4.90 Å². The molecule has 3 N–H and O–H groups in total. The van der Waals surface area contributed by atoms with Crippen LogP contribution >= 0.6 is 15.9 Å². The maximum Gasteiger partial charge on any atom is 0.338 e. The molecule has 0 saturated carbocycles. The fourth-order valence-corrected chi connectivity index (χ4v) is 3.28. The minimum absolute atomic E-state index is 0.101. The van der Waals surface area contributed by atoms with Crippen LogP contribution in [0.4, 0.5) is 4.39 Å². The van der Waals surface area contributed by atoms with E-state index in [-0.39, 0.29) is 4.47 Å². The molecule has 1 amide bonds. The van der Waals surface area contributed by atoms with Crippen LogP contribution in [0, 0.1) is 5.82 Å². The van der Waals surface area contributed by atoms with Crippen molar-refractivity contribution in [3.63, 3.8) is 0 Å². The first-order valence-electron chi connectivity index (χ1n) is 4.88. The van der Waals surface area contributed by atoms with Gasteiger partial charge in [0, 0.05) is 10.9 Å². The highest BCUT2D eigenvalue weighted by atomic mass is 79.9. The second kappa shape index (κ2) is 5.66. The summed E-state index contributed by atoms with van der Waals surface area (Å²) in [5.74, 6) is -4.49. The van der Waals surface area contributed by atoms with Crippen LogP contribution in [0.5, 0.6) is 0 Å². The molecule has 1 aromatic carbocycles. The number of aromatic carboxylic acids is 1. The van der Waals surface area contributed by atoms with Gasteiger partial charge >= 0.3 is 5.97 Å². The Balaban J connectivity index is 3.34. The summed E-state index contributed by atoms with van der Waals surface area (Å²) in [5, 5.41) is 8.77. The fraction of sp³-hybridized carbons (Fsp3) is 0.200. The molecular formula is C10H9BrFNO5S. The normalized spacial score (nSPS) is 11.3. The summed E-state index contributed by atoms with van der Waals surface area (Å²) in [6.45, 7) is 0. The summed E-state index contributed by atoms with van der Waals surface area (Å²) >= 11 is 2.90. The monoisotopic (exact) mass is 353 g/mol. The van der Waals surface area contributed by atoms with Crippen molar-refractivity contribution >= 4 is 37.6 Å². The Morgan fingerprint density at radius 3 is 2.42 bits per heavy atom. The number of amides is 1. The van der Waals surface area contributed by atoms with Gasteiger partial charge in [0.25, 0.3) is 0 Å². The molecule has 0 aliphatic carbocycles. The first kappa shape index (κ1) is 15.6. The second-order valence-corrected chi connectivity index (χ2v) is 6.60. The molecular weight excluding hydrogens is 345 g/mol. The van der Waals surface area contributed by atoms with Crippen LogP contribution < -0.4 is 5.73 Å². The first-order chi connectivity index (χ1) is 8.65. The number of nitrogens with two attached hydrogens (primary N) is 1. The molecule has 0 aliphatic heterocycles. The van der Waals surface area contributed by atoms with Crippen molar-refractivity contribution in [2.75, 3.05) is 5.75 Å². The summed E-state index contributed by atoms with van der Waals surface area (Å²) in [4.78, 5) is 20.6. The standard InChI is InChI=1S/C10H9BrFNO5S/c11-5-3-6(10(15)16)9(12)7(4-5)19(17,18)2-1-8(13)14/h3-4H,1-2H2,(H2,13,14)(H,15,16). The lowest BCUT2D eigenvalue weighted by Gasteiger charge is -2.07. The predicted octanol–water partition coefficient (Wildman–Crippen LogP) is 0.935. The number of hydrogen-bond acceptors (Lipinski definition) is 4. The first-order valence-corrected chi connectivity index (χ1v) is 7.33. The van der Waals surface area contributed by atoms with Crippen molar-refractivity contribution in [3.05, 3.63) is 28.0 Å². The number of sulfone groups is 1. The molecule has 0 radical (unpaired) electrons. The Kier molecular flexibility index (Phi) is 4.64.